The molecule has 0 amide bonds. The highest BCUT2D eigenvalue weighted by atomic mass is 19.1. The van der Waals surface area contributed by atoms with E-state index in [1.807, 2.05) is 0 Å². The fourth-order valence-electron chi connectivity index (χ4n) is 1.67. The zero-order chi connectivity index (χ0) is 14.7. The molecule has 106 valence electrons. The monoisotopic (exact) mass is 286 g/mol. The van der Waals surface area contributed by atoms with Crippen LogP contribution in [0.4, 0.5) is 22.0 Å². The van der Waals surface area contributed by atoms with Crippen molar-refractivity contribution in [2.45, 2.75) is 0 Å². The Morgan fingerprint density at radius 3 is 2.71 bits per heavy atom. The van der Waals surface area contributed by atoms with Crippen LogP contribution in [0.15, 0.2) is 43.0 Å². The Morgan fingerprint density at radius 1 is 1.14 bits per heavy atom. The van der Waals surface area contributed by atoms with Gasteiger partial charge in [-0.3, -0.25) is 9.99 Å². The van der Waals surface area contributed by atoms with E-state index in [1.165, 1.54) is 12.1 Å². The number of hydrogen-bond acceptors (Lipinski definition) is 7. The van der Waals surface area contributed by atoms with Crippen molar-refractivity contribution in [3.63, 3.8) is 0 Å². The van der Waals surface area contributed by atoms with Crippen LogP contribution in [0.2, 0.25) is 0 Å². The average Bonchev–Trinajstić information content (AvgIpc) is 3.01. The van der Waals surface area contributed by atoms with E-state index in [0.29, 0.717) is 11.6 Å². The molecule has 2 heterocycles. The number of hydrogen-bond donors (Lipinski definition) is 3. The van der Waals surface area contributed by atoms with Crippen LogP contribution in [0.5, 0.6) is 0 Å². The topological polar surface area (TPSA) is 107 Å². The van der Waals surface area contributed by atoms with Crippen molar-refractivity contribution in [2.24, 2.45) is 5.84 Å². The molecule has 3 aromatic rings. The Hall–Kier alpha value is -3.07. The molecule has 0 unspecified atom stereocenters. The summed E-state index contributed by atoms with van der Waals surface area (Å²) in [5, 5.41) is 2.89. The smallest absolute Gasteiger partial charge is 0.243 e. The number of nitrogens with one attached hydrogen (secondary N) is 2. The lowest BCUT2D eigenvalue weighted by molar-refractivity contribution is 0.628. The van der Waals surface area contributed by atoms with Gasteiger partial charge in [-0.2, -0.15) is 15.0 Å². The first-order valence-corrected chi connectivity index (χ1v) is 5.98. The summed E-state index contributed by atoms with van der Waals surface area (Å²) >= 11 is 0. The van der Waals surface area contributed by atoms with Crippen LogP contribution in [0, 0.1) is 5.82 Å². The minimum Gasteiger partial charge on any atom is -0.324 e. The van der Waals surface area contributed by atoms with Crippen LogP contribution >= 0.6 is 0 Å². The van der Waals surface area contributed by atoms with Crippen molar-refractivity contribution in [2.75, 3.05) is 10.7 Å². The molecule has 0 radical (unpaired) electrons. The third kappa shape index (κ3) is 2.92. The van der Waals surface area contributed by atoms with Crippen molar-refractivity contribution >= 4 is 17.6 Å². The second kappa shape index (κ2) is 5.51. The SMILES string of the molecule is NNc1nc(Nc2cccc(F)c2)nc(-n2ccnc2)n1. The lowest BCUT2D eigenvalue weighted by Crippen LogP contribution is -2.14. The molecule has 0 aliphatic carbocycles. The number of benzene rings is 1. The molecule has 0 fully saturated rings. The van der Waals surface area contributed by atoms with E-state index in [0.717, 1.165) is 0 Å². The standard InChI is InChI=1S/C12H11FN8/c13-8-2-1-3-9(6-8)16-10-17-11(20-14)19-12(18-10)21-5-4-15-7-21/h1-7H,14H2,(H2,16,17,18,19,20). The lowest BCUT2D eigenvalue weighted by Gasteiger charge is -2.08. The van der Waals surface area contributed by atoms with Crippen molar-refractivity contribution < 1.29 is 4.39 Å². The lowest BCUT2D eigenvalue weighted by atomic mass is 10.3. The Kier molecular flexibility index (Phi) is 3.39. The maximum atomic E-state index is 13.2. The number of nitrogen functional groups attached to an aromatic ring is 1. The molecule has 0 spiro atoms. The number of halogens is 1. The summed E-state index contributed by atoms with van der Waals surface area (Å²) in [6.07, 6.45) is 4.82. The number of aromatic nitrogens is 5. The van der Waals surface area contributed by atoms with E-state index >= 15 is 0 Å². The molecule has 0 aliphatic heterocycles. The van der Waals surface area contributed by atoms with Crippen molar-refractivity contribution in [3.8, 4) is 5.95 Å². The quantitative estimate of drug-likeness (QED) is 0.489. The molecule has 0 saturated heterocycles. The Labute approximate surface area is 118 Å². The van der Waals surface area contributed by atoms with Gasteiger partial charge in [0.1, 0.15) is 12.1 Å². The summed E-state index contributed by atoms with van der Waals surface area (Å²) in [5.74, 6) is 5.71. The van der Waals surface area contributed by atoms with Crippen LogP contribution in [0.3, 0.4) is 0 Å². The number of hydrazine groups is 1. The number of nitrogens with zero attached hydrogens (tertiary/aromatic N) is 5. The first-order chi connectivity index (χ1) is 10.2. The third-order valence-electron chi connectivity index (χ3n) is 2.57. The summed E-state index contributed by atoms with van der Waals surface area (Å²) in [6.45, 7) is 0. The van der Waals surface area contributed by atoms with Crippen LogP contribution in [0.25, 0.3) is 5.95 Å². The van der Waals surface area contributed by atoms with Gasteiger partial charge in [0.15, 0.2) is 0 Å². The highest BCUT2D eigenvalue weighted by Gasteiger charge is 2.08. The van der Waals surface area contributed by atoms with Crippen LogP contribution < -0.4 is 16.6 Å². The molecular formula is C12H11FN8. The molecule has 4 N–H and O–H groups in total. The highest BCUT2D eigenvalue weighted by molar-refractivity contribution is 5.54. The van der Waals surface area contributed by atoms with Gasteiger partial charge in [-0.1, -0.05) is 6.07 Å². The van der Waals surface area contributed by atoms with Gasteiger partial charge in [0, 0.05) is 18.1 Å². The van der Waals surface area contributed by atoms with Crippen LogP contribution in [-0.4, -0.2) is 24.5 Å². The zero-order valence-electron chi connectivity index (χ0n) is 10.7. The maximum absolute atomic E-state index is 13.2. The molecule has 2 aromatic heterocycles. The molecule has 9 heteroatoms. The van der Waals surface area contributed by atoms with E-state index in [9.17, 15) is 4.39 Å². The van der Waals surface area contributed by atoms with Gasteiger partial charge in [0.2, 0.25) is 17.8 Å². The fraction of sp³-hybridized carbons (Fsp3) is 0. The fourth-order valence-corrected chi connectivity index (χ4v) is 1.67. The molecule has 0 bridgehead atoms. The average molecular weight is 286 g/mol. The van der Waals surface area contributed by atoms with Gasteiger partial charge in [0.05, 0.1) is 0 Å². The largest absolute Gasteiger partial charge is 0.324 e. The van der Waals surface area contributed by atoms with Crippen molar-refractivity contribution in [3.05, 3.63) is 48.8 Å². The van der Waals surface area contributed by atoms with E-state index in [1.54, 1.807) is 35.4 Å². The van der Waals surface area contributed by atoms with Gasteiger partial charge in [-0.05, 0) is 18.2 Å². The summed E-state index contributed by atoms with van der Waals surface area (Å²) in [6, 6.07) is 5.95. The number of rotatable bonds is 4. The molecule has 0 atom stereocenters. The molecule has 21 heavy (non-hydrogen) atoms. The predicted molar refractivity (Wildman–Crippen MR) is 74.4 cm³/mol. The molecular weight excluding hydrogens is 275 g/mol. The third-order valence-corrected chi connectivity index (χ3v) is 2.57. The minimum absolute atomic E-state index is 0.174. The Balaban J connectivity index is 1.96. The maximum Gasteiger partial charge on any atom is 0.243 e. The molecule has 0 aliphatic rings. The van der Waals surface area contributed by atoms with Gasteiger partial charge in [-0.25, -0.2) is 15.2 Å². The van der Waals surface area contributed by atoms with Crippen LogP contribution in [-0.2, 0) is 0 Å². The molecule has 0 saturated carbocycles. The second-order valence-electron chi connectivity index (χ2n) is 4.03. The highest BCUT2D eigenvalue weighted by Crippen LogP contribution is 2.16. The first kappa shape index (κ1) is 12.9. The van der Waals surface area contributed by atoms with Gasteiger partial charge >= 0.3 is 0 Å². The van der Waals surface area contributed by atoms with Crippen LogP contribution in [0.1, 0.15) is 0 Å². The van der Waals surface area contributed by atoms with E-state index in [2.05, 4.69) is 30.7 Å². The summed E-state index contributed by atoms with van der Waals surface area (Å²) in [7, 11) is 0. The number of imidazole rings is 1. The van der Waals surface area contributed by atoms with Crippen molar-refractivity contribution in [1.29, 1.82) is 0 Å². The number of anilines is 3. The second-order valence-corrected chi connectivity index (χ2v) is 4.03. The Morgan fingerprint density at radius 2 is 2.00 bits per heavy atom. The molecule has 1 aromatic carbocycles. The zero-order valence-corrected chi connectivity index (χ0v) is 10.7. The minimum atomic E-state index is -0.360. The van der Waals surface area contributed by atoms with E-state index in [-0.39, 0.29) is 17.7 Å². The Bertz CT molecular complexity index is 743. The van der Waals surface area contributed by atoms with Gasteiger partial charge in [-0.15, -0.1) is 0 Å². The van der Waals surface area contributed by atoms with Gasteiger partial charge < -0.3 is 5.32 Å². The molecule has 3 rings (SSSR count). The predicted octanol–water partition coefficient (Wildman–Crippen LogP) is 1.23. The van der Waals surface area contributed by atoms with E-state index in [4.69, 9.17) is 5.84 Å². The molecule has 8 nitrogen and oxygen atoms in total. The first-order valence-electron chi connectivity index (χ1n) is 5.98. The van der Waals surface area contributed by atoms with Gasteiger partial charge in [0.25, 0.3) is 0 Å². The number of nitrogens with two attached hydrogens (primary N) is 1. The normalized spacial score (nSPS) is 10.4. The summed E-state index contributed by atoms with van der Waals surface area (Å²) < 4.78 is 14.8. The summed E-state index contributed by atoms with van der Waals surface area (Å²) in [5.41, 5.74) is 2.87. The van der Waals surface area contributed by atoms with Crippen molar-refractivity contribution in [1.82, 2.24) is 24.5 Å². The summed E-state index contributed by atoms with van der Waals surface area (Å²) in [4.78, 5) is 16.3. The van der Waals surface area contributed by atoms with E-state index < -0.39 is 0 Å².